The molecule has 0 fully saturated rings. The van der Waals surface area contributed by atoms with Crippen LogP contribution < -0.4 is 11.1 Å². The molecule has 0 amide bonds. The summed E-state index contributed by atoms with van der Waals surface area (Å²) in [4.78, 5) is 4.18. The van der Waals surface area contributed by atoms with E-state index < -0.39 is 11.1 Å². The number of nitrogens with zero attached hydrogens (tertiary/aromatic N) is 2. The molecule has 1 unspecified atom stereocenters. The number of pyridine rings is 1. The van der Waals surface area contributed by atoms with Gasteiger partial charge < -0.3 is 15.6 Å². The third kappa shape index (κ3) is 2.58. The normalized spacial score (nSPS) is 13.6. The zero-order valence-electron chi connectivity index (χ0n) is 8.96. The zero-order valence-corrected chi connectivity index (χ0v) is 10.5. The quantitative estimate of drug-likeness (QED) is 0.492. The van der Waals surface area contributed by atoms with E-state index in [0.717, 1.165) is 5.39 Å². The number of benzene rings is 1. The molecule has 0 spiro atoms. The van der Waals surface area contributed by atoms with Crippen LogP contribution in [0.4, 0.5) is 5.69 Å². The number of nitrogens with one attached hydrogen (secondary N) is 1. The van der Waals surface area contributed by atoms with E-state index in [9.17, 15) is 8.76 Å². The summed E-state index contributed by atoms with van der Waals surface area (Å²) in [6, 6.07) is 4.67. The topological polar surface area (TPSA) is 103 Å². The van der Waals surface area contributed by atoms with Gasteiger partial charge in [-0.25, -0.2) is 0 Å². The number of halogens is 1. The molecule has 1 heterocycles. The summed E-state index contributed by atoms with van der Waals surface area (Å²) in [6.07, 6.45) is 3.11. The van der Waals surface area contributed by atoms with Crippen molar-refractivity contribution in [2.75, 3.05) is 5.32 Å². The summed E-state index contributed by atoms with van der Waals surface area (Å²) < 4.78 is 25.0. The van der Waals surface area contributed by atoms with E-state index in [4.69, 9.17) is 17.5 Å². The predicted octanol–water partition coefficient (Wildman–Crippen LogP) is 1.35. The highest BCUT2D eigenvalue weighted by Gasteiger charge is 2.04. The minimum Gasteiger partial charge on any atom is -0.768 e. The molecule has 1 aromatic carbocycles. The maximum Gasteiger partial charge on any atom is 0.210 e. The van der Waals surface area contributed by atoms with E-state index in [1.807, 2.05) is 0 Å². The van der Waals surface area contributed by atoms with Gasteiger partial charge in [0.15, 0.2) is 0 Å². The fourth-order valence-electron chi connectivity index (χ4n) is 1.52. The van der Waals surface area contributed by atoms with Crippen molar-refractivity contribution in [3.63, 3.8) is 0 Å². The van der Waals surface area contributed by atoms with Gasteiger partial charge in [-0.2, -0.15) is 0 Å². The number of hydrogen-bond acceptors (Lipinski definition) is 4. The van der Waals surface area contributed by atoms with Crippen LogP contribution in [0.5, 0.6) is 0 Å². The summed E-state index contributed by atoms with van der Waals surface area (Å²) in [6.45, 7) is 0. The number of rotatable bonds is 2. The number of fused-ring (bicyclic) bond motifs is 1. The van der Waals surface area contributed by atoms with Gasteiger partial charge in [0.25, 0.3) is 0 Å². The minimum atomic E-state index is -2.27. The van der Waals surface area contributed by atoms with Crippen molar-refractivity contribution >= 4 is 45.3 Å². The summed E-state index contributed by atoms with van der Waals surface area (Å²) in [5.41, 5.74) is 6.05. The lowest BCUT2D eigenvalue weighted by atomic mass is 10.1. The fraction of sp³-hybridized carbons (Fsp3) is 0. The monoisotopic (exact) mass is 283 g/mol. The minimum absolute atomic E-state index is 0.0300. The van der Waals surface area contributed by atoms with Gasteiger partial charge in [-0.1, -0.05) is 6.07 Å². The first-order valence-electron chi connectivity index (χ1n) is 4.80. The number of nitrogens with two attached hydrogens (primary N) is 1. The van der Waals surface area contributed by atoms with Crippen LogP contribution in [-0.2, 0) is 11.1 Å². The van der Waals surface area contributed by atoms with E-state index in [1.54, 1.807) is 18.5 Å². The van der Waals surface area contributed by atoms with Crippen LogP contribution in [-0.4, -0.2) is 19.7 Å². The largest absolute Gasteiger partial charge is 0.768 e. The molecule has 0 saturated heterocycles. The molecule has 94 valence electrons. The maximum absolute atomic E-state index is 10.9. The van der Waals surface area contributed by atoms with Crippen molar-refractivity contribution in [2.45, 2.75) is 4.90 Å². The average molecular weight is 284 g/mol. The van der Waals surface area contributed by atoms with Gasteiger partial charge in [-0.15, -0.1) is 4.51 Å². The van der Waals surface area contributed by atoms with E-state index in [1.165, 1.54) is 12.1 Å². The third-order valence-electron chi connectivity index (χ3n) is 2.28. The second kappa shape index (κ2) is 5.30. The molecule has 0 aliphatic rings. The second-order valence-corrected chi connectivity index (χ2v) is 4.51. The Balaban J connectivity index is 2.53. The molecule has 1 aromatic heterocycles. The summed E-state index contributed by atoms with van der Waals surface area (Å²) >= 11 is 2.95. The predicted molar refractivity (Wildman–Crippen MR) is 70.0 cm³/mol. The van der Waals surface area contributed by atoms with Crippen molar-refractivity contribution in [1.29, 1.82) is 0 Å². The van der Waals surface area contributed by atoms with E-state index >= 15 is 0 Å². The highest BCUT2D eigenvalue weighted by atomic mass is 35.5. The van der Waals surface area contributed by atoms with Crippen molar-refractivity contribution in [1.82, 2.24) is 4.98 Å². The molecular formula is C10H8ClN4O2S-. The first kappa shape index (κ1) is 12.7. The Morgan fingerprint density at radius 2 is 2.28 bits per heavy atom. The van der Waals surface area contributed by atoms with Crippen LogP contribution >= 0.6 is 11.8 Å². The molecule has 2 rings (SSSR count). The lowest BCUT2D eigenvalue weighted by Crippen LogP contribution is -2.21. The Morgan fingerprint density at radius 3 is 2.94 bits per heavy atom. The molecule has 0 saturated carbocycles. The Labute approximate surface area is 110 Å². The third-order valence-corrected chi connectivity index (χ3v) is 3.10. The van der Waals surface area contributed by atoms with Crippen LogP contribution in [0.1, 0.15) is 0 Å². The average Bonchev–Trinajstić information content (AvgIpc) is 2.38. The fourth-order valence-corrected chi connectivity index (χ4v) is 1.96. The van der Waals surface area contributed by atoms with Gasteiger partial charge >= 0.3 is 0 Å². The standard InChI is InChI=1S/C10H9ClN4O2S/c11-15-10(12)14-9-5-13-4-6-3-7(18(16)17)1-2-8(6)9/h1-5H,(H,16,17)(H3,12,14,15)/p-1. The number of aromatic nitrogens is 1. The summed E-state index contributed by atoms with van der Waals surface area (Å²) in [5.74, 6) is 0.0300. The number of anilines is 1. The number of hydrogen-bond donors (Lipinski definition) is 2. The molecular weight excluding hydrogens is 276 g/mol. The second-order valence-electron chi connectivity index (χ2n) is 3.40. The van der Waals surface area contributed by atoms with Gasteiger partial charge in [0.2, 0.25) is 5.96 Å². The maximum atomic E-state index is 10.9. The Morgan fingerprint density at radius 1 is 1.50 bits per heavy atom. The first-order chi connectivity index (χ1) is 8.61. The van der Waals surface area contributed by atoms with E-state index in [2.05, 4.69) is 14.8 Å². The summed E-state index contributed by atoms with van der Waals surface area (Å²) in [7, 11) is 0. The molecule has 1 atom stereocenters. The summed E-state index contributed by atoms with van der Waals surface area (Å²) in [5, 5.41) is 4.20. The van der Waals surface area contributed by atoms with E-state index in [-0.39, 0.29) is 10.9 Å². The lowest BCUT2D eigenvalue weighted by molar-refractivity contribution is 0.537. The zero-order chi connectivity index (χ0) is 13.1. The molecule has 0 aliphatic carbocycles. The van der Waals surface area contributed by atoms with Crippen LogP contribution in [0.15, 0.2) is 40.0 Å². The first-order valence-corrected chi connectivity index (χ1v) is 6.21. The Hall–Kier alpha value is -1.70. The lowest BCUT2D eigenvalue weighted by Gasteiger charge is -2.10. The number of guanidine groups is 1. The molecule has 2 aromatic rings. The van der Waals surface area contributed by atoms with Crippen LogP contribution in [0.25, 0.3) is 10.8 Å². The van der Waals surface area contributed by atoms with Crippen LogP contribution in [0, 0.1) is 0 Å². The van der Waals surface area contributed by atoms with Crippen LogP contribution in [0.3, 0.4) is 0 Å². The Bertz CT molecular complexity index is 647. The molecule has 6 nitrogen and oxygen atoms in total. The van der Waals surface area contributed by atoms with Crippen molar-refractivity contribution in [2.24, 2.45) is 10.2 Å². The Kier molecular flexibility index (Phi) is 3.75. The van der Waals surface area contributed by atoms with Gasteiger partial charge in [-0.05, 0) is 23.2 Å². The molecule has 8 heteroatoms. The highest BCUT2D eigenvalue weighted by Crippen LogP contribution is 2.23. The van der Waals surface area contributed by atoms with Gasteiger partial charge in [-0.3, -0.25) is 9.19 Å². The molecule has 18 heavy (non-hydrogen) atoms. The molecule has 0 radical (unpaired) electrons. The van der Waals surface area contributed by atoms with Crippen molar-refractivity contribution in [3.8, 4) is 0 Å². The van der Waals surface area contributed by atoms with Crippen molar-refractivity contribution < 1.29 is 8.76 Å². The molecule has 3 N–H and O–H groups in total. The van der Waals surface area contributed by atoms with Gasteiger partial charge in [0, 0.05) is 33.6 Å². The molecule has 0 aliphatic heterocycles. The van der Waals surface area contributed by atoms with Crippen LogP contribution in [0.2, 0.25) is 0 Å². The van der Waals surface area contributed by atoms with Gasteiger partial charge in [0.05, 0.1) is 11.9 Å². The van der Waals surface area contributed by atoms with Gasteiger partial charge in [0.1, 0.15) is 0 Å². The highest BCUT2D eigenvalue weighted by molar-refractivity contribution is 7.79. The SMILES string of the molecule is NC(=NCl)Nc1cncc2cc(S(=O)[O-])ccc12. The van der Waals surface area contributed by atoms with Crippen molar-refractivity contribution in [3.05, 3.63) is 30.6 Å². The smallest absolute Gasteiger partial charge is 0.210 e. The molecule has 0 bridgehead atoms. The van der Waals surface area contributed by atoms with E-state index in [0.29, 0.717) is 11.1 Å².